The van der Waals surface area contributed by atoms with Gasteiger partial charge in [0.15, 0.2) is 0 Å². The van der Waals surface area contributed by atoms with Crippen LogP contribution in [0.2, 0.25) is 5.15 Å². The van der Waals surface area contributed by atoms with Gasteiger partial charge in [-0.1, -0.05) is 35.6 Å². The summed E-state index contributed by atoms with van der Waals surface area (Å²) < 4.78 is 0.611. The molecule has 0 atom stereocenters. The smallest absolute Gasteiger partial charge is 0.262 e. The molecule has 0 saturated carbocycles. The predicted octanol–water partition coefficient (Wildman–Crippen LogP) is 2.21. The minimum Gasteiger partial charge on any atom is -0.293 e. The number of amides is 1. The number of rotatable bonds is 1. The lowest BCUT2D eigenvalue weighted by Gasteiger charge is -2.14. The van der Waals surface area contributed by atoms with Crippen LogP contribution in [0.5, 0.6) is 0 Å². The van der Waals surface area contributed by atoms with E-state index in [1.807, 2.05) is 0 Å². The summed E-state index contributed by atoms with van der Waals surface area (Å²) in [5, 5.41) is 0.224. The maximum absolute atomic E-state index is 12.0. The summed E-state index contributed by atoms with van der Waals surface area (Å²) in [4.78, 5) is 17.4. The summed E-state index contributed by atoms with van der Waals surface area (Å²) in [5.74, 6) is 0.686. The number of aromatic nitrogens is 1. The van der Waals surface area contributed by atoms with Crippen molar-refractivity contribution in [3.63, 3.8) is 0 Å². The highest BCUT2D eigenvalue weighted by molar-refractivity contribution is 8.23. The zero-order valence-corrected chi connectivity index (χ0v) is 10.0. The minimum absolute atomic E-state index is 0.164. The van der Waals surface area contributed by atoms with Gasteiger partial charge in [-0.3, -0.25) is 9.69 Å². The van der Waals surface area contributed by atoms with Crippen molar-refractivity contribution >= 4 is 45.8 Å². The van der Waals surface area contributed by atoms with Crippen molar-refractivity contribution in [2.75, 3.05) is 12.3 Å². The number of hydrogen-bond acceptors (Lipinski definition) is 4. The Morgan fingerprint density at radius 2 is 2.47 bits per heavy atom. The highest BCUT2D eigenvalue weighted by Crippen LogP contribution is 2.22. The van der Waals surface area contributed by atoms with Crippen molar-refractivity contribution in [2.45, 2.75) is 0 Å². The van der Waals surface area contributed by atoms with Gasteiger partial charge in [-0.25, -0.2) is 4.98 Å². The third kappa shape index (κ3) is 2.14. The summed E-state index contributed by atoms with van der Waals surface area (Å²) in [6, 6.07) is 3.34. The predicted molar refractivity (Wildman–Crippen MR) is 65.3 cm³/mol. The van der Waals surface area contributed by atoms with Gasteiger partial charge in [0.2, 0.25) is 0 Å². The number of thiocarbonyl (C=S) groups is 1. The van der Waals surface area contributed by atoms with E-state index in [-0.39, 0.29) is 11.1 Å². The van der Waals surface area contributed by atoms with Crippen LogP contribution < -0.4 is 0 Å². The molecular formula is C9H7ClN2OS2. The first kappa shape index (κ1) is 10.9. The number of nitrogens with zero attached hydrogens (tertiary/aromatic N) is 2. The van der Waals surface area contributed by atoms with Gasteiger partial charge in [0.05, 0.1) is 5.56 Å². The van der Waals surface area contributed by atoms with Crippen molar-refractivity contribution in [1.82, 2.24) is 9.88 Å². The van der Waals surface area contributed by atoms with E-state index in [2.05, 4.69) is 4.98 Å². The Morgan fingerprint density at radius 1 is 1.67 bits per heavy atom. The van der Waals surface area contributed by atoms with E-state index in [9.17, 15) is 4.79 Å². The molecule has 1 aliphatic rings. The van der Waals surface area contributed by atoms with Gasteiger partial charge in [-0.05, 0) is 12.1 Å². The number of halogens is 1. The van der Waals surface area contributed by atoms with Crippen LogP contribution >= 0.6 is 35.6 Å². The first-order valence-electron chi connectivity index (χ1n) is 4.29. The largest absolute Gasteiger partial charge is 0.293 e. The van der Waals surface area contributed by atoms with Crippen molar-refractivity contribution in [3.8, 4) is 0 Å². The van der Waals surface area contributed by atoms with Gasteiger partial charge in [-0.15, -0.1) is 0 Å². The lowest BCUT2D eigenvalue weighted by atomic mass is 10.2. The molecule has 0 radical (unpaired) electrons. The molecule has 0 unspecified atom stereocenters. The highest BCUT2D eigenvalue weighted by atomic mass is 35.5. The van der Waals surface area contributed by atoms with E-state index in [4.69, 9.17) is 23.8 Å². The van der Waals surface area contributed by atoms with Gasteiger partial charge in [0.1, 0.15) is 9.47 Å². The molecule has 1 amide bonds. The van der Waals surface area contributed by atoms with Gasteiger partial charge >= 0.3 is 0 Å². The van der Waals surface area contributed by atoms with Crippen LogP contribution in [0.25, 0.3) is 0 Å². The molecule has 3 nitrogen and oxygen atoms in total. The molecular weight excluding hydrogens is 252 g/mol. The van der Waals surface area contributed by atoms with Crippen molar-refractivity contribution < 1.29 is 4.79 Å². The van der Waals surface area contributed by atoms with E-state index in [0.29, 0.717) is 16.4 Å². The standard InChI is InChI=1S/C9H7ClN2OS2/c10-7-6(2-1-3-11-7)8(13)12-4-5-15-9(12)14/h1-3H,4-5H2. The van der Waals surface area contributed by atoms with E-state index < -0.39 is 0 Å². The number of carbonyl (C=O) groups excluding carboxylic acids is 1. The molecule has 0 aliphatic carbocycles. The molecule has 1 aromatic heterocycles. The lowest BCUT2D eigenvalue weighted by molar-refractivity contribution is 0.0861. The van der Waals surface area contributed by atoms with Gasteiger partial charge in [0.25, 0.3) is 5.91 Å². The highest BCUT2D eigenvalue weighted by Gasteiger charge is 2.26. The molecule has 1 aromatic rings. The molecule has 0 N–H and O–H groups in total. The SMILES string of the molecule is O=C(c1cccnc1Cl)N1CCSC1=S. The van der Waals surface area contributed by atoms with Crippen LogP contribution in [0.1, 0.15) is 10.4 Å². The van der Waals surface area contributed by atoms with Crippen molar-refractivity contribution in [2.24, 2.45) is 0 Å². The summed E-state index contributed by atoms with van der Waals surface area (Å²) in [7, 11) is 0. The average molecular weight is 259 g/mol. The quantitative estimate of drug-likeness (QED) is 0.571. The van der Waals surface area contributed by atoms with E-state index in [1.54, 1.807) is 23.2 Å². The first-order valence-corrected chi connectivity index (χ1v) is 6.06. The van der Waals surface area contributed by atoms with Crippen LogP contribution in [-0.4, -0.2) is 32.4 Å². The summed E-state index contributed by atoms with van der Waals surface area (Å²) in [5.41, 5.74) is 0.406. The topological polar surface area (TPSA) is 33.2 Å². The Kier molecular flexibility index (Phi) is 3.23. The summed E-state index contributed by atoms with van der Waals surface area (Å²) in [6.45, 7) is 0.646. The lowest BCUT2D eigenvalue weighted by Crippen LogP contribution is -2.30. The third-order valence-corrected chi connectivity index (χ3v) is 3.72. The van der Waals surface area contributed by atoms with Gasteiger partial charge in [0, 0.05) is 18.5 Å². The Labute approximate surface area is 102 Å². The number of carbonyl (C=O) groups is 1. The fraction of sp³-hybridized carbons (Fsp3) is 0.222. The van der Waals surface area contributed by atoms with Crippen LogP contribution in [-0.2, 0) is 0 Å². The third-order valence-electron chi connectivity index (χ3n) is 2.00. The second-order valence-corrected chi connectivity index (χ2v) is 5.00. The molecule has 0 aromatic carbocycles. The minimum atomic E-state index is -0.164. The molecule has 15 heavy (non-hydrogen) atoms. The molecule has 1 aliphatic heterocycles. The van der Waals surface area contributed by atoms with Crippen LogP contribution in [0.15, 0.2) is 18.3 Å². The number of thioether (sulfide) groups is 1. The fourth-order valence-corrected chi connectivity index (χ4v) is 2.67. The molecule has 78 valence electrons. The maximum Gasteiger partial charge on any atom is 0.262 e. The zero-order valence-electron chi connectivity index (χ0n) is 7.64. The summed E-state index contributed by atoms with van der Waals surface area (Å²) >= 11 is 12.4. The Hall–Kier alpha value is -0.650. The molecule has 1 fully saturated rings. The fourth-order valence-electron chi connectivity index (χ4n) is 1.27. The van der Waals surface area contributed by atoms with E-state index in [0.717, 1.165) is 5.75 Å². The molecule has 2 heterocycles. The second kappa shape index (κ2) is 4.47. The van der Waals surface area contributed by atoms with Gasteiger partial charge < -0.3 is 0 Å². The normalized spacial score (nSPS) is 15.8. The molecule has 1 saturated heterocycles. The van der Waals surface area contributed by atoms with Crippen molar-refractivity contribution in [3.05, 3.63) is 29.0 Å². The Balaban J connectivity index is 2.28. The zero-order chi connectivity index (χ0) is 10.8. The van der Waals surface area contributed by atoms with Crippen molar-refractivity contribution in [1.29, 1.82) is 0 Å². The molecule has 0 spiro atoms. The molecule has 0 bridgehead atoms. The van der Waals surface area contributed by atoms with Gasteiger partial charge in [-0.2, -0.15) is 0 Å². The Bertz CT molecular complexity index is 424. The second-order valence-electron chi connectivity index (χ2n) is 2.91. The summed E-state index contributed by atoms with van der Waals surface area (Å²) in [6.07, 6.45) is 1.55. The first-order chi connectivity index (χ1) is 7.20. The van der Waals surface area contributed by atoms with E-state index in [1.165, 1.54) is 11.8 Å². The molecule has 6 heteroatoms. The van der Waals surface area contributed by atoms with Crippen LogP contribution in [0, 0.1) is 0 Å². The van der Waals surface area contributed by atoms with E-state index >= 15 is 0 Å². The van der Waals surface area contributed by atoms with Crippen LogP contribution in [0.3, 0.4) is 0 Å². The maximum atomic E-state index is 12.0. The number of hydrogen-bond donors (Lipinski definition) is 0. The monoisotopic (exact) mass is 258 g/mol. The van der Waals surface area contributed by atoms with Crippen LogP contribution in [0.4, 0.5) is 0 Å². The Morgan fingerprint density at radius 3 is 3.07 bits per heavy atom. The number of pyridine rings is 1. The average Bonchev–Trinajstić information content (AvgIpc) is 2.64. The molecule has 2 rings (SSSR count).